The van der Waals surface area contributed by atoms with E-state index in [2.05, 4.69) is 4.98 Å². The van der Waals surface area contributed by atoms with Crippen molar-refractivity contribution < 1.29 is 9.90 Å². The zero-order chi connectivity index (χ0) is 13.9. The van der Waals surface area contributed by atoms with Crippen LogP contribution in [-0.4, -0.2) is 16.1 Å². The van der Waals surface area contributed by atoms with Crippen molar-refractivity contribution in [1.29, 1.82) is 0 Å². The number of carbonyl (C=O) groups is 1. The third kappa shape index (κ3) is 2.46. The number of rotatable bonds is 3. The highest BCUT2D eigenvalue weighted by molar-refractivity contribution is 7.13. The molecule has 2 aromatic carbocycles. The molecule has 0 aliphatic heterocycles. The van der Waals surface area contributed by atoms with E-state index in [0.29, 0.717) is 0 Å². The highest BCUT2D eigenvalue weighted by atomic mass is 32.1. The van der Waals surface area contributed by atoms with Gasteiger partial charge in [-0.15, -0.1) is 11.3 Å². The monoisotopic (exact) mass is 281 g/mol. The highest BCUT2D eigenvalue weighted by Gasteiger charge is 2.10. The zero-order valence-corrected chi connectivity index (χ0v) is 11.3. The Morgan fingerprint density at radius 3 is 2.35 bits per heavy atom. The molecule has 0 saturated carbocycles. The van der Waals surface area contributed by atoms with Gasteiger partial charge in [0.1, 0.15) is 5.01 Å². The number of benzene rings is 2. The first-order valence-electron chi connectivity index (χ1n) is 6.09. The van der Waals surface area contributed by atoms with E-state index in [1.54, 1.807) is 5.38 Å². The quantitative estimate of drug-likeness (QED) is 0.783. The topological polar surface area (TPSA) is 50.2 Å². The molecule has 0 spiro atoms. The Balaban J connectivity index is 2.01. The van der Waals surface area contributed by atoms with Crippen molar-refractivity contribution in [1.82, 2.24) is 4.98 Å². The van der Waals surface area contributed by atoms with Crippen molar-refractivity contribution >= 4 is 17.3 Å². The smallest absolute Gasteiger partial charge is 0.355 e. The lowest BCUT2D eigenvalue weighted by molar-refractivity contribution is 0.0691. The van der Waals surface area contributed by atoms with Crippen LogP contribution < -0.4 is 0 Å². The second-order valence-corrected chi connectivity index (χ2v) is 5.15. The van der Waals surface area contributed by atoms with Crippen LogP contribution in [0.3, 0.4) is 0 Å². The second kappa shape index (κ2) is 5.27. The van der Waals surface area contributed by atoms with E-state index in [9.17, 15) is 4.79 Å². The van der Waals surface area contributed by atoms with Crippen molar-refractivity contribution in [3.8, 4) is 21.7 Å². The fourth-order valence-electron chi connectivity index (χ4n) is 1.97. The molecule has 0 bridgehead atoms. The molecular weight excluding hydrogens is 270 g/mol. The van der Waals surface area contributed by atoms with Crippen molar-refractivity contribution in [2.75, 3.05) is 0 Å². The molecule has 3 rings (SSSR count). The van der Waals surface area contributed by atoms with Gasteiger partial charge in [0, 0.05) is 10.9 Å². The van der Waals surface area contributed by atoms with E-state index in [-0.39, 0.29) is 5.69 Å². The summed E-state index contributed by atoms with van der Waals surface area (Å²) in [5.74, 6) is -0.994. The first-order valence-corrected chi connectivity index (χ1v) is 6.97. The summed E-state index contributed by atoms with van der Waals surface area (Å²) in [5.41, 5.74) is 3.25. The van der Waals surface area contributed by atoms with Crippen LogP contribution >= 0.6 is 11.3 Å². The van der Waals surface area contributed by atoms with E-state index in [0.717, 1.165) is 21.7 Å². The highest BCUT2D eigenvalue weighted by Crippen LogP contribution is 2.28. The van der Waals surface area contributed by atoms with Crippen molar-refractivity contribution in [3.05, 3.63) is 65.7 Å². The molecule has 0 unspecified atom stereocenters. The van der Waals surface area contributed by atoms with Gasteiger partial charge in [0.15, 0.2) is 5.69 Å². The van der Waals surface area contributed by atoms with E-state index in [1.165, 1.54) is 11.3 Å². The number of nitrogens with zero attached hydrogens (tertiary/aromatic N) is 1. The summed E-state index contributed by atoms with van der Waals surface area (Å²) in [5, 5.41) is 11.2. The number of thiazole rings is 1. The Morgan fingerprint density at radius 2 is 1.65 bits per heavy atom. The molecule has 0 fully saturated rings. The normalized spacial score (nSPS) is 10.4. The van der Waals surface area contributed by atoms with Crippen molar-refractivity contribution in [2.24, 2.45) is 0 Å². The maximum atomic E-state index is 10.9. The molecule has 1 aromatic heterocycles. The summed E-state index contributed by atoms with van der Waals surface area (Å²) in [7, 11) is 0. The lowest BCUT2D eigenvalue weighted by Crippen LogP contribution is -1.95. The Hall–Kier alpha value is -2.46. The van der Waals surface area contributed by atoms with E-state index in [4.69, 9.17) is 5.11 Å². The Labute approximate surface area is 120 Å². The van der Waals surface area contributed by atoms with Crippen LogP contribution in [0.15, 0.2) is 60.0 Å². The Morgan fingerprint density at radius 1 is 0.950 bits per heavy atom. The van der Waals surface area contributed by atoms with Gasteiger partial charge in [0.25, 0.3) is 0 Å². The zero-order valence-electron chi connectivity index (χ0n) is 10.5. The number of hydrogen-bond acceptors (Lipinski definition) is 3. The predicted molar refractivity (Wildman–Crippen MR) is 79.9 cm³/mol. The second-order valence-electron chi connectivity index (χ2n) is 4.29. The van der Waals surface area contributed by atoms with Crippen LogP contribution in [-0.2, 0) is 0 Å². The van der Waals surface area contributed by atoms with Gasteiger partial charge in [-0.3, -0.25) is 0 Å². The summed E-state index contributed by atoms with van der Waals surface area (Å²) in [6.45, 7) is 0. The SMILES string of the molecule is O=C(O)c1csc(-c2cccc(-c3ccccc3)c2)n1. The van der Waals surface area contributed by atoms with E-state index >= 15 is 0 Å². The molecule has 3 aromatic rings. The number of aromatic carboxylic acids is 1. The molecule has 0 atom stereocenters. The first kappa shape index (κ1) is 12.6. The molecule has 1 N–H and O–H groups in total. The molecule has 3 nitrogen and oxygen atoms in total. The van der Waals surface area contributed by atoms with Gasteiger partial charge in [-0.25, -0.2) is 9.78 Å². The summed E-state index contributed by atoms with van der Waals surface area (Å²) in [6.07, 6.45) is 0. The van der Waals surface area contributed by atoms with Crippen LogP contribution in [0.5, 0.6) is 0 Å². The molecule has 0 aliphatic rings. The van der Waals surface area contributed by atoms with Crippen LogP contribution in [0, 0.1) is 0 Å². The van der Waals surface area contributed by atoms with Gasteiger partial charge < -0.3 is 5.11 Å². The first-order chi connectivity index (χ1) is 9.74. The van der Waals surface area contributed by atoms with Gasteiger partial charge in [-0.1, -0.05) is 48.5 Å². The molecule has 98 valence electrons. The van der Waals surface area contributed by atoms with E-state index in [1.807, 2.05) is 54.6 Å². The maximum Gasteiger partial charge on any atom is 0.355 e. The summed E-state index contributed by atoms with van der Waals surface area (Å²) in [4.78, 5) is 15.0. The summed E-state index contributed by atoms with van der Waals surface area (Å²) >= 11 is 1.34. The fourth-order valence-corrected chi connectivity index (χ4v) is 2.76. The van der Waals surface area contributed by atoms with Gasteiger partial charge in [-0.05, 0) is 17.2 Å². The Kier molecular flexibility index (Phi) is 3.31. The molecule has 1 heterocycles. The summed E-state index contributed by atoms with van der Waals surface area (Å²) < 4.78 is 0. The van der Waals surface area contributed by atoms with Crippen LogP contribution in [0.4, 0.5) is 0 Å². The van der Waals surface area contributed by atoms with E-state index < -0.39 is 5.97 Å². The Bertz CT molecular complexity index is 750. The lowest BCUT2D eigenvalue weighted by Gasteiger charge is -2.03. The average Bonchev–Trinajstić information content (AvgIpc) is 2.98. The predicted octanol–water partition coefficient (Wildman–Crippen LogP) is 4.18. The van der Waals surface area contributed by atoms with Crippen LogP contribution in [0.2, 0.25) is 0 Å². The minimum atomic E-state index is -0.994. The molecule has 20 heavy (non-hydrogen) atoms. The van der Waals surface area contributed by atoms with Gasteiger partial charge >= 0.3 is 5.97 Å². The molecule has 0 aliphatic carbocycles. The van der Waals surface area contributed by atoms with Crippen LogP contribution in [0.1, 0.15) is 10.5 Å². The maximum absolute atomic E-state index is 10.9. The number of aromatic nitrogens is 1. The van der Waals surface area contributed by atoms with Gasteiger partial charge in [0.05, 0.1) is 0 Å². The van der Waals surface area contributed by atoms with Crippen molar-refractivity contribution in [3.63, 3.8) is 0 Å². The molecular formula is C16H11NO2S. The standard InChI is InChI=1S/C16H11NO2S/c18-16(19)14-10-20-15(17-14)13-8-4-7-12(9-13)11-5-2-1-3-6-11/h1-10H,(H,18,19). The fraction of sp³-hybridized carbons (Fsp3) is 0. The van der Waals surface area contributed by atoms with Crippen molar-refractivity contribution in [2.45, 2.75) is 0 Å². The number of carboxylic acids is 1. The third-order valence-corrected chi connectivity index (χ3v) is 3.83. The van der Waals surface area contributed by atoms with Gasteiger partial charge in [0.2, 0.25) is 0 Å². The average molecular weight is 281 g/mol. The minimum Gasteiger partial charge on any atom is -0.476 e. The minimum absolute atomic E-state index is 0.0927. The summed E-state index contributed by atoms with van der Waals surface area (Å²) in [6, 6.07) is 18.0. The molecule has 0 amide bonds. The number of carboxylic acid groups (broad SMARTS) is 1. The number of hydrogen-bond donors (Lipinski definition) is 1. The molecule has 0 saturated heterocycles. The van der Waals surface area contributed by atoms with Gasteiger partial charge in [-0.2, -0.15) is 0 Å². The van der Waals surface area contributed by atoms with Crippen LogP contribution in [0.25, 0.3) is 21.7 Å². The third-order valence-electron chi connectivity index (χ3n) is 2.94. The lowest BCUT2D eigenvalue weighted by atomic mass is 10.0. The molecule has 0 radical (unpaired) electrons. The largest absolute Gasteiger partial charge is 0.476 e. The molecule has 4 heteroatoms.